The number of carbonyl (C=O) groups is 2. The first-order valence-corrected chi connectivity index (χ1v) is 7.82. The minimum atomic E-state index is -3.80. The van der Waals surface area contributed by atoms with Gasteiger partial charge in [0.05, 0.1) is 17.7 Å². The Morgan fingerprint density at radius 1 is 1.48 bits per heavy atom. The van der Waals surface area contributed by atoms with Crippen LogP contribution in [-0.4, -0.2) is 38.5 Å². The first-order valence-electron chi connectivity index (χ1n) is 6.34. The molecule has 0 spiro atoms. The Morgan fingerprint density at radius 3 is 2.76 bits per heavy atom. The van der Waals surface area contributed by atoms with Gasteiger partial charge in [0, 0.05) is 18.8 Å². The van der Waals surface area contributed by atoms with Crippen LogP contribution in [0.1, 0.15) is 18.9 Å². The summed E-state index contributed by atoms with van der Waals surface area (Å²) in [6.45, 7) is 1.48. The van der Waals surface area contributed by atoms with Crippen LogP contribution in [0.4, 0.5) is 5.69 Å². The normalized spacial score (nSPS) is 15.9. The molecule has 2 N–H and O–H groups in total. The number of carboxylic acids is 1. The Labute approximate surface area is 122 Å². The molecule has 1 aromatic carbocycles. The van der Waals surface area contributed by atoms with Crippen molar-refractivity contribution >= 4 is 27.6 Å². The average molecular weight is 312 g/mol. The summed E-state index contributed by atoms with van der Waals surface area (Å²) in [5.74, 6) is -1.17. The van der Waals surface area contributed by atoms with Crippen molar-refractivity contribution in [2.24, 2.45) is 0 Å². The molecule has 1 heterocycles. The van der Waals surface area contributed by atoms with Gasteiger partial charge in [0.1, 0.15) is 0 Å². The highest BCUT2D eigenvalue weighted by Gasteiger charge is 2.27. The second-order valence-electron chi connectivity index (χ2n) is 5.04. The molecule has 8 heteroatoms. The van der Waals surface area contributed by atoms with Gasteiger partial charge in [-0.05, 0) is 30.7 Å². The smallest absolute Gasteiger partial charge is 0.304 e. The lowest BCUT2D eigenvalue weighted by atomic mass is 10.2. The van der Waals surface area contributed by atoms with Gasteiger partial charge >= 0.3 is 5.97 Å². The maximum Gasteiger partial charge on any atom is 0.304 e. The second-order valence-corrected chi connectivity index (χ2v) is 6.75. The summed E-state index contributed by atoms with van der Waals surface area (Å²) in [6, 6.07) is 3.72. The van der Waals surface area contributed by atoms with E-state index in [2.05, 4.69) is 4.72 Å². The lowest BCUT2D eigenvalue weighted by molar-refractivity contribution is -0.137. The Kier molecular flexibility index (Phi) is 4.02. The number of benzene rings is 1. The molecule has 0 fully saturated rings. The van der Waals surface area contributed by atoms with E-state index in [0.29, 0.717) is 11.3 Å². The van der Waals surface area contributed by atoms with Crippen LogP contribution in [0.2, 0.25) is 0 Å². The molecule has 0 saturated heterocycles. The Bertz CT molecular complexity index is 699. The number of aliphatic carboxylic acids is 1. The number of fused-ring (bicyclic) bond motifs is 1. The lowest BCUT2D eigenvalue weighted by Gasteiger charge is -2.14. The molecule has 1 atom stereocenters. The number of hydrogen-bond acceptors (Lipinski definition) is 4. The van der Waals surface area contributed by atoms with Gasteiger partial charge < -0.3 is 10.0 Å². The molecule has 114 valence electrons. The third kappa shape index (κ3) is 3.22. The van der Waals surface area contributed by atoms with Crippen molar-refractivity contribution in [2.75, 3.05) is 11.9 Å². The van der Waals surface area contributed by atoms with Crippen LogP contribution in [0.3, 0.4) is 0 Å². The van der Waals surface area contributed by atoms with E-state index in [-0.39, 0.29) is 23.6 Å². The van der Waals surface area contributed by atoms with E-state index >= 15 is 0 Å². The van der Waals surface area contributed by atoms with Gasteiger partial charge in [-0.2, -0.15) is 0 Å². The van der Waals surface area contributed by atoms with Gasteiger partial charge in [-0.1, -0.05) is 0 Å². The van der Waals surface area contributed by atoms with Crippen LogP contribution in [-0.2, 0) is 26.0 Å². The molecule has 0 bridgehead atoms. The number of sulfonamides is 1. The van der Waals surface area contributed by atoms with Crippen molar-refractivity contribution in [2.45, 2.75) is 30.7 Å². The molecule has 1 aromatic rings. The third-order valence-corrected chi connectivity index (χ3v) is 4.86. The van der Waals surface area contributed by atoms with Crippen molar-refractivity contribution in [1.82, 2.24) is 4.72 Å². The van der Waals surface area contributed by atoms with E-state index in [1.807, 2.05) is 0 Å². The predicted molar refractivity (Wildman–Crippen MR) is 75.6 cm³/mol. The zero-order valence-electron chi connectivity index (χ0n) is 11.7. The Hall–Kier alpha value is -1.93. The summed E-state index contributed by atoms with van der Waals surface area (Å²) < 4.78 is 26.7. The van der Waals surface area contributed by atoms with E-state index in [9.17, 15) is 18.0 Å². The highest BCUT2D eigenvalue weighted by molar-refractivity contribution is 7.89. The maximum absolute atomic E-state index is 12.2. The number of anilines is 1. The summed E-state index contributed by atoms with van der Waals surface area (Å²) in [7, 11) is -2.17. The molecule has 7 nitrogen and oxygen atoms in total. The fraction of sp³-hybridized carbons (Fsp3) is 0.385. The van der Waals surface area contributed by atoms with Crippen LogP contribution in [0.15, 0.2) is 23.1 Å². The molecule has 0 saturated carbocycles. The van der Waals surface area contributed by atoms with Gasteiger partial charge in [0.2, 0.25) is 15.9 Å². The third-order valence-electron chi connectivity index (χ3n) is 3.28. The number of hydrogen-bond donors (Lipinski definition) is 2. The second kappa shape index (κ2) is 5.45. The van der Waals surface area contributed by atoms with Crippen molar-refractivity contribution in [1.29, 1.82) is 0 Å². The van der Waals surface area contributed by atoms with Crippen LogP contribution in [0.5, 0.6) is 0 Å². The number of rotatable bonds is 5. The minimum absolute atomic E-state index is 0.0292. The number of nitrogens with zero attached hydrogens (tertiary/aromatic N) is 1. The van der Waals surface area contributed by atoms with Crippen LogP contribution < -0.4 is 9.62 Å². The monoisotopic (exact) mass is 312 g/mol. The molecule has 0 aliphatic carbocycles. The molecule has 1 unspecified atom stereocenters. The van der Waals surface area contributed by atoms with E-state index in [1.54, 1.807) is 13.1 Å². The summed E-state index contributed by atoms with van der Waals surface area (Å²) in [5.41, 5.74) is 1.34. The summed E-state index contributed by atoms with van der Waals surface area (Å²) in [4.78, 5) is 23.7. The molecule has 0 aromatic heterocycles. The average Bonchev–Trinajstić information content (AvgIpc) is 2.63. The number of nitrogens with one attached hydrogen (secondary N) is 1. The molecule has 1 amide bonds. The van der Waals surface area contributed by atoms with Gasteiger partial charge in [0.15, 0.2) is 0 Å². The quantitative estimate of drug-likeness (QED) is 0.816. The van der Waals surface area contributed by atoms with Crippen molar-refractivity contribution < 1.29 is 23.1 Å². The van der Waals surface area contributed by atoms with E-state index in [1.165, 1.54) is 24.0 Å². The minimum Gasteiger partial charge on any atom is -0.481 e. The molecule has 1 aliphatic rings. The topological polar surface area (TPSA) is 104 Å². The number of amides is 1. The van der Waals surface area contributed by atoms with E-state index < -0.39 is 22.0 Å². The molecular weight excluding hydrogens is 296 g/mol. The standard InChI is InChI=1S/C13H16N2O5S/c1-8(5-13(17)18)14-21(19,20)10-3-4-11-9(6-10)7-12(16)15(11)2/h3-4,6,8,14H,5,7H2,1-2H3,(H,17,18). The number of likely N-dealkylation sites (N-methyl/N-ethyl adjacent to an activating group) is 1. The molecule has 21 heavy (non-hydrogen) atoms. The SMILES string of the molecule is CC(CC(=O)O)NS(=O)(=O)c1ccc2c(c1)CC(=O)N2C. The van der Waals surface area contributed by atoms with Crippen molar-refractivity contribution in [3.05, 3.63) is 23.8 Å². The van der Waals surface area contributed by atoms with Crippen LogP contribution >= 0.6 is 0 Å². The van der Waals surface area contributed by atoms with E-state index in [0.717, 1.165) is 0 Å². The van der Waals surface area contributed by atoms with Crippen LogP contribution in [0.25, 0.3) is 0 Å². The fourth-order valence-corrected chi connectivity index (χ4v) is 3.54. The van der Waals surface area contributed by atoms with Gasteiger partial charge in [-0.25, -0.2) is 13.1 Å². The highest BCUT2D eigenvalue weighted by atomic mass is 32.2. The zero-order valence-corrected chi connectivity index (χ0v) is 12.5. The summed E-state index contributed by atoms with van der Waals surface area (Å²) in [6.07, 6.45) is -0.134. The lowest BCUT2D eigenvalue weighted by Crippen LogP contribution is -2.34. The van der Waals surface area contributed by atoms with Crippen molar-refractivity contribution in [3.63, 3.8) is 0 Å². The predicted octanol–water partition coefficient (Wildman–Crippen LogP) is 0.347. The first-order chi connectivity index (χ1) is 9.70. The Balaban J connectivity index is 2.24. The van der Waals surface area contributed by atoms with Gasteiger partial charge in [-0.15, -0.1) is 0 Å². The molecule has 0 radical (unpaired) electrons. The fourth-order valence-electron chi connectivity index (χ4n) is 2.25. The molecule has 2 rings (SSSR count). The van der Waals surface area contributed by atoms with Crippen LogP contribution in [0, 0.1) is 0 Å². The number of carbonyl (C=O) groups excluding carboxylic acids is 1. The highest BCUT2D eigenvalue weighted by Crippen LogP contribution is 2.29. The number of carboxylic acid groups (broad SMARTS) is 1. The van der Waals surface area contributed by atoms with Gasteiger partial charge in [0.25, 0.3) is 0 Å². The van der Waals surface area contributed by atoms with Crippen molar-refractivity contribution in [3.8, 4) is 0 Å². The first kappa shape index (κ1) is 15.5. The molecular formula is C13H16N2O5S. The zero-order chi connectivity index (χ0) is 15.8. The summed E-state index contributed by atoms with van der Waals surface area (Å²) >= 11 is 0. The maximum atomic E-state index is 12.2. The molecule has 1 aliphatic heterocycles. The van der Waals surface area contributed by atoms with E-state index in [4.69, 9.17) is 5.11 Å². The van der Waals surface area contributed by atoms with Gasteiger partial charge in [-0.3, -0.25) is 9.59 Å². The largest absolute Gasteiger partial charge is 0.481 e. The Morgan fingerprint density at radius 2 is 2.14 bits per heavy atom. The summed E-state index contributed by atoms with van der Waals surface area (Å²) in [5, 5.41) is 8.66.